The smallest absolute Gasteiger partial charge is 0.241 e. The van der Waals surface area contributed by atoms with Crippen molar-refractivity contribution in [2.75, 3.05) is 18.4 Å². The predicted molar refractivity (Wildman–Crippen MR) is 111 cm³/mol. The van der Waals surface area contributed by atoms with Crippen molar-refractivity contribution in [3.05, 3.63) is 59.0 Å². The van der Waals surface area contributed by atoms with Gasteiger partial charge in [-0.2, -0.15) is 0 Å². The minimum Gasteiger partial charge on any atom is -0.325 e. The van der Waals surface area contributed by atoms with Gasteiger partial charge in [0.05, 0.1) is 6.04 Å². The Morgan fingerprint density at radius 3 is 2.61 bits per heavy atom. The molecule has 3 aromatic rings. The number of pyridine rings is 1. The van der Waals surface area contributed by atoms with E-state index in [1.807, 2.05) is 19.1 Å². The first-order valence-corrected chi connectivity index (χ1v) is 10.0. The summed E-state index contributed by atoms with van der Waals surface area (Å²) >= 11 is 5.90. The van der Waals surface area contributed by atoms with E-state index in [1.54, 1.807) is 12.1 Å². The Morgan fingerprint density at radius 1 is 1.18 bits per heavy atom. The third-order valence-electron chi connectivity index (χ3n) is 5.53. The van der Waals surface area contributed by atoms with E-state index in [4.69, 9.17) is 11.6 Å². The summed E-state index contributed by atoms with van der Waals surface area (Å²) in [6.07, 6.45) is 3.98. The molecule has 0 aliphatic carbocycles. The highest BCUT2D eigenvalue weighted by Crippen LogP contribution is 2.28. The molecule has 1 amide bonds. The Bertz CT molecular complexity index is 976. The molecule has 1 aromatic carbocycles. The Labute approximate surface area is 169 Å². The summed E-state index contributed by atoms with van der Waals surface area (Å²) in [7, 11) is 0. The molecule has 0 bridgehead atoms. The number of aromatic nitrogens is 3. The first-order valence-electron chi connectivity index (χ1n) is 9.63. The molecule has 1 aliphatic heterocycles. The number of likely N-dealkylation sites (tertiary alicyclic amines) is 1. The fourth-order valence-corrected chi connectivity index (χ4v) is 3.91. The van der Waals surface area contributed by atoms with Crippen LogP contribution in [0.25, 0.3) is 5.65 Å². The maximum Gasteiger partial charge on any atom is 0.241 e. The summed E-state index contributed by atoms with van der Waals surface area (Å²) in [4.78, 5) is 14.8. The van der Waals surface area contributed by atoms with Gasteiger partial charge in [-0.15, -0.1) is 10.2 Å². The van der Waals surface area contributed by atoms with Crippen molar-refractivity contribution in [1.82, 2.24) is 19.5 Å². The molecule has 0 radical (unpaired) electrons. The molecule has 6 nitrogen and oxygen atoms in total. The lowest BCUT2D eigenvalue weighted by Crippen LogP contribution is -2.45. The topological polar surface area (TPSA) is 62.5 Å². The molecule has 0 saturated carbocycles. The molecular formula is C21H24ClN5O. The molecule has 1 N–H and O–H groups in total. The molecule has 0 spiro atoms. The van der Waals surface area contributed by atoms with Crippen LogP contribution in [0.2, 0.25) is 5.02 Å². The van der Waals surface area contributed by atoms with Crippen LogP contribution in [0.5, 0.6) is 0 Å². The number of hydrogen-bond donors (Lipinski definition) is 1. The first-order chi connectivity index (χ1) is 13.5. The summed E-state index contributed by atoms with van der Waals surface area (Å²) in [6, 6.07) is 11.1. The number of piperidine rings is 1. The SMILES string of the molecule is Cc1ccn2c(C3CCN([C@H](C)C(=O)Nc4ccc(Cl)cc4)CC3)nnc2c1. The third kappa shape index (κ3) is 3.88. The monoisotopic (exact) mass is 397 g/mol. The summed E-state index contributed by atoms with van der Waals surface area (Å²) in [5.74, 6) is 1.39. The van der Waals surface area contributed by atoms with Gasteiger partial charge in [0.2, 0.25) is 5.91 Å². The number of aryl methyl sites for hydroxylation is 1. The summed E-state index contributed by atoms with van der Waals surface area (Å²) in [5.41, 5.74) is 2.84. The minimum absolute atomic E-state index is 0.00387. The van der Waals surface area contributed by atoms with Crippen molar-refractivity contribution in [2.45, 2.75) is 38.6 Å². The van der Waals surface area contributed by atoms with Gasteiger partial charge in [-0.25, -0.2) is 0 Å². The highest BCUT2D eigenvalue weighted by Gasteiger charge is 2.29. The molecule has 4 rings (SSSR count). The lowest BCUT2D eigenvalue weighted by atomic mass is 9.95. The van der Waals surface area contributed by atoms with Crippen LogP contribution in [0.4, 0.5) is 5.69 Å². The number of carbonyl (C=O) groups excluding carboxylic acids is 1. The zero-order chi connectivity index (χ0) is 19.7. The maximum atomic E-state index is 12.6. The molecule has 7 heteroatoms. The van der Waals surface area contributed by atoms with Gasteiger partial charge in [0.15, 0.2) is 5.65 Å². The lowest BCUT2D eigenvalue weighted by Gasteiger charge is -2.34. The van der Waals surface area contributed by atoms with Gasteiger partial charge in [0.1, 0.15) is 5.82 Å². The van der Waals surface area contributed by atoms with Crippen LogP contribution >= 0.6 is 11.6 Å². The fraction of sp³-hybridized carbons (Fsp3) is 0.381. The first kappa shape index (κ1) is 18.9. The van der Waals surface area contributed by atoms with E-state index >= 15 is 0 Å². The number of amides is 1. The Kier molecular flexibility index (Phi) is 5.33. The summed E-state index contributed by atoms with van der Waals surface area (Å²) < 4.78 is 2.09. The minimum atomic E-state index is -0.186. The Hall–Kier alpha value is -2.44. The van der Waals surface area contributed by atoms with Crippen LogP contribution in [0, 0.1) is 6.92 Å². The van der Waals surface area contributed by atoms with Gasteiger partial charge in [0.25, 0.3) is 0 Å². The molecule has 0 unspecified atom stereocenters. The average Bonchev–Trinajstić information content (AvgIpc) is 3.12. The molecule has 2 aromatic heterocycles. The Morgan fingerprint density at radius 2 is 1.89 bits per heavy atom. The van der Waals surface area contributed by atoms with E-state index in [2.05, 4.69) is 50.1 Å². The summed E-state index contributed by atoms with van der Waals surface area (Å²) in [6.45, 7) is 5.74. The number of anilines is 1. The lowest BCUT2D eigenvalue weighted by molar-refractivity contribution is -0.121. The summed E-state index contributed by atoms with van der Waals surface area (Å²) in [5, 5.41) is 12.4. The highest BCUT2D eigenvalue weighted by atomic mass is 35.5. The van der Waals surface area contributed by atoms with E-state index < -0.39 is 0 Å². The van der Waals surface area contributed by atoms with Crippen molar-refractivity contribution in [3.63, 3.8) is 0 Å². The van der Waals surface area contributed by atoms with Crippen molar-refractivity contribution in [1.29, 1.82) is 0 Å². The quantitative estimate of drug-likeness (QED) is 0.725. The van der Waals surface area contributed by atoms with Crippen molar-refractivity contribution in [2.24, 2.45) is 0 Å². The molecule has 3 heterocycles. The van der Waals surface area contributed by atoms with E-state index in [9.17, 15) is 4.79 Å². The largest absolute Gasteiger partial charge is 0.325 e. The van der Waals surface area contributed by atoms with E-state index in [1.165, 1.54) is 5.56 Å². The molecule has 28 heavy (non-hydrogen) atoms. The standard InChI is InChI=1S/C21H24ClN5O/c1-14-7-12-27-19(13-14)24-25-20(27)16-8-10-26(11-9-16)15(2)21(28)23-18-5-3-17(22)4-6-18/h3-7,12-13,15-16H,8-11H2,1-2H3,(H,23,28)/t15-/m1/s1. The normalized spacial score (nSPS) is 17.0. The molecular weight excluding hydrogens is 374 g/mol. The van der Waals surface area contributed by atoms with Gasteiger partial charge in [-0.05, 0) is 81.7 Å². The zero-order valence-corrected chi connectivity index (χ0v) is 16.9. The number of hydrogen-bond acceptors (Lipinski definition) is 4. The van der Waals surface area contributed by atoms with Crippen LogP contribution in [0.3, 0.4) is 0 Å². The molecule has 1 atom stereocenters. The van der Waals surface area contributed by atoms with Crippen molar-refractivity contribution >= 4 is 28.8 Å². The van der Waals surface area contributed by atoms with Crippen LogP contribution in [0.1, 0.15) is 37.1 Å². The van der Waals surface area contributed by atoms with Crippen LogP contribution in [-0.4, -0.2) is 44.5 Å². The van der Waals surface area contributed by atoms with Gasteiger partial charge in [0, 0.05) is 22.8 Å². The average molecular weight is 398 g/mol. The number of fused-ring (bicyclic) bond motifs is 1. The van der Waals surface area contributed by atoms with Crippen molar-refractivity contribution < 1.29 is 4.79 Å². The number of halogens is 1. The highest BCUT2D eigenvalue weighted by molar-refractivity contribution is 6.30. The number of carbonyl (C=O) groups is 1. The second-order valence-electron chi connectivity index (χ2n) is 7.47. The maximum absolute atomic E-state index is 12.6. The molecule has 1 aliphatic rings. The van der Waals surface area contributed by atoms with Gasteiger partial charge in [-0.1, -0.05) is 11.6 Å². The predicted octanol–water partition coefficient (Wildman–Crippen LogP) is 3.90. The second kappa shape index (κ2) is 7.89. The van der Waals surface area contributed by atoms with Crippen LogP contribution in [-0.2, 0) is 4.79 Å². The van der Waals surface area contributed by atoms with Crippen LogP contribution < -0.4 is 5.32 Å². The number of nitrogens with one attached hydrogen (secondary N) is 1. The fourth-order valence-electron chi connectivity index (χ4n) is 3.78. The number of rotatable bonds is 4. The Balaban J connectivity index is 1.37. The van der Waals surface area contributed by atoms with Crippen molar-refractivity contribution in [3.8, 4) is 0 Å². The second-order valence-corrected chi connectivity index (χ2v) is 7.91. The third-order valence-corrected chi connectivity index (χ3v) is 5.78. The van der Waals surface area contributed by atoms with E-state index in [0.717, 1.165) is 43.1 Å². The van der Waals surface area contributed by atoms with Gasteiger partial charge in [-0.3, -0.25) is 14.1 Å². The molecule has 1 saturated heterocycles. The number of nitrogens with zero attached hydrogens (tertiary/aromatic N) is 4. The molecule has 146 valence electrons. The van der Waals surface area contributed by atoms with Gasteiger partial charge >= 0.3 is 0 Å². The zero-order valence-electron chi connectivity index (χ0n) is 16.1. The van der Waals surface area contributed by atoms with E-state index in [0.29, 0.717) is 10.9 Å². The van der Waals surface area contributed by atoms with E-state index in [-0.39, 0.29) is 11.9 Å². The molecule has 1 fully saturated rings. The number of benzene rings is 1. The van der Waals surface area contributed by atoms with Crippen LogP contribution in [0.15, 0.2) is 42.6 Å². The van der Waals surface area contributed by atoms with Gasteiger partial charge < -0.3 is 5.32 Å².